The van der Waals surface area contributed by atoms with Gasteiger partial charge in [-0.05, 0) is 0 Å². The van der Waals surface area contributed by atoms with Crippen LogP contribution in [0.3, 0.4) is 0 Å². The zero-order chi connectivity index (χ0) is 18.4. The van der Waals surface area contributed by atoms with Gasteiger partial charge in [0.25, 0.3) is 0 Å². The third-order valence-corrected chi connectivity index (χ3v) is 3.38. The first-order valence-corrected chi connectivity index (χ1v) is 7.62. The highest BCUT2D eigenvalue weighted by molar-refractivity contribution is 7.80. The molecule has 0 bridgehead atoms. The summed E-state index contributed by atoms with van der Waals surface area (Å²) >= 11 is 4.18. The van der Waals surface area contributed by atoms with Crippen molar-refractivity contribution in [1.82, 2.24) is 0 Å². The third-order valence-electron chi connectivity index (χ3n) is 2.97. The molecule has 24 heavy (non-hydrogen) atoms. The molecule has 0 amide bonds. The smallest absolute Gasteiger partial charge is 0.303 e. The zero-order valence-corrected chi connectivity index (χ0v) is 14.6. The van der Waals surface area contributed by atoms with Gasteiger partial charge in [-0.2, -0.15) is 0 Å². The van der Waals surface area contributed by atoms with Gasteiger partial charge >= 0.3 is 23.9 Å². The van der Waals surface area contributed by atoms with Crippen LogP contribution in [0.2, 0.25) is 0 Å². The molecule has 136 valence electrons. The number of carbonyl (C=O) groups excluding carboxylic acids is 4. The summed E-state index contributed by atoms with van der Waals surface area (Å²) < 4.78 is 25.8. The van der Waals surface area contributed by atoms with E-state index in [9.17, 15) is 19.2 Å². The van der Waals surface area contributed by atoms with Gasteiger partial charge in [-0.15, -0.1) is 12.6 Å². The van der Waals surface area contributed by atoms with Crippen molar-refractivity contribution in [1.29, 1.82) is 0 Å². The first-order valence-electron chi connectivity index (χ1n) is 7.10. The molecule has 0 radical (unpaired) electrons. The lowest BCUT2D eigenvalue weighted by atomic mass is 9.99. The van der Waals surface area contributed by atoms with E-state index in [2.05, 4.69) is 12.6 Å². The summed E-state index contributed by atoms with van der Waals surface area (Å²) in [4.78, 5) is 45.1. The van der Waals surface area contributed by atoms with Crippen molar-refractivity contribution in [2.45, 2.75) is 57.5 Å². The van der Waals surface area contributed by atoms with Crippen LogP contribution in [0.5, 0.6) is 0 Å². The highest BCUT2D eigenvalue weighted by Crippen LogP contribution is 2.30. The predicted molar refractivity (Wildman–Crippen MR) is 80.9 cm³/mol. The van der Waals surface area contributed by atoms with Crippen LogP contribution < -0.4 is 0 Å². The number of thiol groups is 1. The molecule has 1 heterocycles. The molecule has 0 saturated carbocycles. The van der Waals surface area contributed by atoms with Gasteiger partial charge in [0.1, 0.15) is 18.1 Å². The summed E-state index contributed by atoms with van der Waals surface area (Å²) in [5.74, 6) is -2.57. The SMILES string of the molecule is CC(=O)OC[C@H]1O[C@@H](S)[C@@H](OC(C)=O)[C@@H](OC(C)=O)[C@H]1OC(C)=O. The van der Waals surface area contributed by atoms with Crippen molar-refractivity contribution < 1.29 is 42.9 Å². The molecule has 1 aliphatic rings. The molecule has 0 aromatic rings. The molecule has 1 fully saturated rings. The van der Waals surface area contributed by atoms with Crippen LogP contribution in [0, 0.1) is 0 Å². The number of rotatable bonds is 5. The molecule has 1 rings (SSSR count). The second-order valence-corrected chi connectivity index (χ2v) is 5.60. The lowest BCUT2D eigenvalue weighted by Crippen LogP contribution is -2.61. The summed E-state index contributed by atoms with van der Waals surface area (Å²) in [5, 5.41) is 0. The zero-order valence-electron chi connectivity index (χ0n) is 13.7. The molecule has 1 aliphatic heterocycles. The Hall–Kier alpha value is -1.81. The summed E-state index contributed by atoms with van der Waals surface area (Å²) in [6, 6.07) is 0. The van der Waals surface area contributed by atoms with Gasteiger partial charge in [0, 0.05) is 27.7 Å². The van der Waals surface area contributed by atoms with Crippen LogP contribution in [-0.4, -0.2) is 60.3 Å². The van der Waals surface area contributed by atoms with Crippen LogP contribution in [0.1, 0.15) is 27.7 Å². The Labute approximate surface area is 144 Å². The number of carbonyl (C=O) groups is 4. The molecule has 1 saturated heterocycles. The first kappa shape index (κ1) is 20.2. The lowest BCUT2D eigenvalue weighted by molar-refractivity contribution is -0.237. The van der Waals surface area contributed by atoms with Gasteiger partial charge in [0.2, 0.25) is 0 Å². The number of esters is 4. The molecular formula is C14H20O9S. The maximum absolute atomic E-state index is 11.4. The van der Waals surface area contributed by atoms with Crippen LogP contribution in [0.4, 0.5) is 0 Å². The monoisotopic (exact) mass is 364 g/mol. The van der Waals surface area contributed by atoms with E-state index in [1.54, 1.807) is 0 Å². The van der Waals surface area contributed by atoms with E-state index in [1.807, 2.05) is 0 Å². The van der Waals surface area contributed by atoms with Crippen molar-refractivity contribution >= 4 is 36.5 Å². The summed E-state index contributed by atoms with van der Waals surface area (Å²) in [7, 11) is 0. The Bertz CT molecular complexity index is 506. The van der Waals surface area contributed by atoms with E-state index >= 15 is 0 Å². The summed E-state index contributed by atoms with van der Waals surface area (Å²) in [6.45, 7) is 4.42. The average molecular weight is 364 g/mol. The molecule has 0 unspecified atom stereocenters. The van der Waals surface area contributed by atoms with Gasteiger partial charge in [-0.3, -0.25) is 19.2 Å². The van der Waals surface area contributed by atoms with E-state index in [-0.39, 0.29) is 6.61 Å². The van der Waals surface area contributed by atoms with Gasteiger partial charge in [-0.25, -0.2) is 0 Å². The second kappa shape index (κ2) is 8.88. The molecule has 0 spiro atoms. The van der Waals surface area contributed by atoms with E-state index in [4.69, 9.17) is 23.7 Å². The Kier molecular flexibility index (Phi) is 7.49. The molecule has 0 aromatic carbocycles. The number of ether oxygens (including phenoxy) is 5. The van der Waals surface area contributed by atoms with Gasteiger partial charge in [0.15, 0.2) is 18.3 Å². The fourth-order valence-corrected chi connectivity index (χ4v) is 2.59. The minimum Gasteiger partial charge on any atom is -0.463 e. The van der Waals surface area contributed by atoms with Crippen molar-refractivity contribution in [2.24, 2.45) is 0 Å². The quantitative estimate of drug-likeness (QED) is 0.409. The van der Waals surface area contributed by atoms with Gasteiger partial charge in [-0.1, -0.05) is 0 Å². The van der Waals surface area contributed by atoms with Crippen LogP contribution in [0.25, 0.3) is 0 Å². The Morgan fingerprint density at radius 3 is 1.71 bits per heavy atom. The Balaban J connectivity index is 3.11. The van der Waals surface area contributed by atoms with E-state index in [0.717, 1.165) is 20.8 Å². The molecular weight excluding hydrogens is 344 g/mol. The van der Waals surface area contributed by atoms with E-state index in [0.29, 0.717) is 0 Å². The molecule has 0 aliphatic carbocycles. The van der Waals surface area contributed by atoms with Crippen LogP contribution in [0.15, 0.2) is 0 Å². The number of hydrogen-bond donors (Lipinski definition) is 1. The summed E-state index contributed by atoms with van der Waals surface area (Å²) in [6.07, 6.45) is -4.35. The standard InChI is InChI=1S/C14H20O9S/c1-6(15)19-5-10-11(20-7(2)16)12(21-8(3)17)13(14(24)23-10)22-9(4)18/h10-14,24H,5H2,1-4H3/t10-,11+,12+,13+,14+/m1/s1. The maximum atomic E-state index is 11.4. The van der Waals surface area contributed by atoms with Crippen LogP contribution in [-0.2, 0) is 42.9 Å². The highest BCUT2D eigenvalue weighted by atomic mass is 32.1. The fourth-order valence-electron chi connectivity index (χ4n) is 2.21. The van der Waals surface area contributed by atoms with E-state index < -0.39 is 53.7 Å². The maximum Gasteiger partial charge on any atom is 0.303 e. The lowest BCUT2D eigenvalue weighted by Gasteiger charge is -2.42. The second-order valence-electron chi connectivity index (χ2n) is 5.09. The van der Waals surface area contributed by atoms with Crippen molar-refractivity contribution in [3.63, 3.8) is 0 Å². The molecule has 0 N–H and O–H groups in total. The predicted octanol–water partition coefficient (Wildman–Crippen LogP) is -0.000700. The molecule has 9 nitrogen and oxygen atoms in total. The summed E-state index contributed by atoms with van der Waals surface area (Å²) in [5.41, 5.74) is -0.981. The number of hydrogen-bond acceptors (Lipinski definition) is 10. The first-order chi connectivity index (χ1) is 11.1. The fraction of sp³-hybridized carbons (Fsp3) is 0.714. The Morgan fingerprint density at radius 1 is 0.792 bits per heavy atom. The topological polar surface area (TPSA) is 114 Å². The normalized spacial score (nSPS) is 29.3. The highest BCUT2D eigenvalue weighted by Gasteiger charge is 2.51. The molecule has 0 aromatic heterocycles. The van der Waals surface area contributed by atoms with Crippen molar-refractivity contribution in [3.05, 3.63) is 0 Å². The minimum atomic E-state index is -1.16. The average Bonchev–Trinajstić information content (AvgIpc) is 2.42. The van der Waals surface area contributed by atoms with Crippen molar-refractivity contribution in [2.75, 3.05) is 6.61 Å². The van der Waals surface area contributed by atoms with E-state index in [1.165, 1.54) is 6.92 Å². The molecule has 10 heteroatoms. The molecule has 5 atom stereocenters. The largest absolute Gasteiger partial charge is 0.463 e. The van der Waals surface area contributed by atoms with Gasteiger partial charge in [0.05, 0.1) is 0 Å². The minimum absolute atomic E-state index is 0.255. The Morgan fingerprint density at radius 2 is 1.25 bits per heavy atom. The van der Waals surface area contributed by atoms with Crippen LogP contribution >= 0.6 is 12.6 Å². The van der Waals surface area contributed by atoms with Crippen molar-refractivity contribution in [3.8, 4) is 0 Å². The third kappa shape index (κ3) is 6.00. The van der Waals surface area contributed by atoms with Gasteiger partial charge < -0.3 is 23.7 Å².